The summed E-state index contributed by atoms with van der Waals surface area (Å²) in [5.41, 5.74) is 2.21. The standard InChI is InChI=1S/C22H24N2O4/c1-16(2)14-24-19-11-10-17(13-20(19)28-15-22(24)26)23-21(25)9-6-12-27-18-7-4-3-5-8-18/h3-5,7-8,10-11,13H,1,6,9,12,14-15H2,2H3,(H,23,25). The summed E-state index contributed by atoms with van der Waals surface area (Å²) >= 11 is 0. The van der Waals surface area contributed by atoms with Crippen molar-refractivity contribution in [2.75, 3.05) is 30.0 Å². The van der Waals surface area contributed by atoms with Crippen molar-refractivity contribution in [1.82, 2.24) is 0 Å². The summed E-state index contributed by atoms with van der Waals surface area (Å²) < 4.78 is 11.1. The average Bonchev–Trinajstić information content (AvgIpc) is 2.68. The van der Waals surface area contributed by atoms with E-state index in [1.54, 1.807) is 23.1 Å². The number of benzene rings is 2. The Morgan fingerprint density at radius 1 is 1.25 bits per heavy atom. The first-order chi connectivity index (χ1) is 13.5. The lowest BCUT2D eigenvalue weighted by atomic mass is 10.2. The summed E-state index contributed by atoms with van der Waals surface area (Å²) in [4.78, 5) is 25.9. The van der Waals surface area contributed by atoms with Gasteiger partial charge in [-0.25, -0.2) is 0 Å². The van der Waals surface area contributed by atoms with Gasteiger partial charge in [0.1, 0.15) is 11.5 Å². The van der Waals surface area contributed by atoms with Crippen LogP contribution in [0.4, 0.5) is 11.4 Å². The smallest absolute Gasteiger partial charge is 0.265 e. The van der Waals surface area contributed by atoms with Crippen molar-refractivity contribution < 1.29 is 19.1 Å². The molecule has 1 aliphatic rings. The molecule has 2 aromatic rings. The molecule has 0 aliphatic carbocycles. The molecule has 1 aliphatic heterocycles. The van der Waals surface area contributed by atoms with Crippen LogP contribution in [-0.2, 0) is 9.59 Å². The molecule has 3 rings (SSSR count). The largest absolute Gasteiger partial charge is 0.494 e. The molecule has 1 N–H and O–H groups in total. The first kappa shape index (κ1) is 19.5. The van der Waals surface area contributed by atoms with Crippen molar-refractivity contribution in [2.24, 2.45) is 0 Å². The second kappa shape index (κ2) is 9.08. The van der Waals surface area contributed by atoms with Crippen molar-refractivity contribution in [2.45, 2.75) is 19.8 Å². The molecule has 0 atom stereocenters. The highest BCUT2D eigenvalue weighted by Gasteiger charge is 2.25. The Bertz CT molecular complexity index is 864. The van der Waals surface area contributed by atoms with E-state index in [1.807, 2.05) is 37.3 Å². The number of nitrogens with one attached hydrogen (secondary N) is 1. The van der Waals surface area contributed by atoms with Crippen LogP contribution in [0.3, 0.4) is 0 Å². The lowest BCUT2D eigenvalue weighted by molar-refractivity contribution is -0.121. The predicted molar refractivity (Wildman–Crippen MR) is 109 cm³/mol. The summed E-state index contributed by atoms with van der Waals surface area (Å²) in [6, 6.07) is 14.8. The van der Waals surface area contributed by atoms with E-state index in [9.17, 15) is 9.59 Å². The van der Waals surface area contributed by atoms with Gasteiger partial charge in [-0.1, -0.05) is 30.4 Å². The maximum Gasteiger partial charge on any atom is 0.265 e. The highest BCUT2D eigenvalue weighted by molar-refractivity contribution is 5.99. The van der Waals surface area contributed by atoms with Crippen LogP contribution in [0.5, 0.6) is 11.5 Å². The summed E-state index contributed by atoms with van der Waals surface area (Å²) in [5, 5.41) is 2.86. The van der Waals surface area contributed by atoms with Gasteiger partial charge in [0.2, 0.25) is 5.91 Å². The number of para-hydroxylation sites is 1. The van der Waals surface area contributed by atoms with E-state index in [4.69, 9.17) is 9.47 Å². The highest BCUT2D eigenvalue weighted by Crippen LogP contribution is 2.34. The molecule has 0 unspecified atom stereocenters. The molecular formula is C22H24N2O4. The number of ether oxygens (including phenoxy) is 2. The van der Waals surface area contributed by atoms with Crippen molar-refractivity contribution in [1.29, 1.82) is 0 Å². The first-order valence-corrected chi connectivity index (χ1v) is 9.22. The van der Waals surface area contributed by atoms with E-state index in [-0.39, 0.29) is 18.4 Å². The maximum absolute atomic E-state index is 12.2. The van der Waals surface area contributed by atoms with Gasteiger partial charge >= 0.3 is 0 Å². The molecule has 0 saturated carbocycles. The van der Waals surface area contributed by atoms with E-state index < -0.39 is 0 Å². The number of anilines is 2. The van der Waals surface area contributed by atoms with Gasteiger partial charge in [-0.05, 0) is 37.6 Å². The molecule has 28 heavy (non-hydrogen) atoms. The SMILES string of the molecule is C=C(C)CN1C(=O)COc2cc(NC(=O)CCCOc3ccccc3)ccc21. The second-order valence-corrected chi connectivity index (χ2v) is 6.72. The van der Waals surface area contributed by atoms with E-state index in [0.717, 1.165) is 11.3 Å². The molecule has 2 aromatic carbocycles. The maximum atomic E-state index is 12.2. The minimum atomic E-state index is -0.106. The Kier molecular flexibility index (Phi) is 6.32. The minimum Gasteiger partial charge on any atom is -0.494 e. The number of carbonyl (C=O) groups excluding carboxylic acids is 2. The van der Waals surface area contributed by atoms with Crippen molar-refractivity contribution in [3.63, 3.8) is 0 Å². The van der Waals surface area contributed by atoms with Crippen LogP contribution in [0.2, 0.25) is 0 Å². The summed E-state index contributed by atoms with van der Waals surface area (Å²) in [7, 11) is 0. The lowest BCUT2D eigenvalue weighted by Crippen LogP contribution is -2.39. The number of rotatable bonds is 8. The quantitative estimate of drug-likeness (QED) is 0.559. The number of hydrogen-bond donors (Lipinski definition) is 1. The van der Waals surface area contributed by atoms with Crippen molar-refractivity contribution in [3.05, 3.63) is 60.7 Å². The van der Waals surface area contributed by atoms with Crippen LogP contribution in [0, 0.1) is 0 Å². The van der Waals surface area contributed by atoms with Crippen LogP contribution >= 0.6 is 0 Å². The van der Waals surface area contributed by atoms with Crippen LogP contribution in [0.25, 0.3) is 0 Å². The third-order valence-electron chi connectivity index (χ3n) is 4.17. The molecule has 146 valence electrons. The fourth-order valence-corrected chi connectivity index (χ4v) is 2.89. The number of fused-ring (bicyclic) bond motifs is 1. The number of amides is 2. The van der Waals surface area contributed by atoms with Crippen molar-refractivity contribution >= 4 is 23.2 Å². The zero-order valence-electron chi connectivity index (χ0n) is 15.9. The van der Waals surface area contributed by atoms with E-state index >= 15 is 0 Å². The zero-order valence-corrected chi connectivity index (χ0v) is 15.9. The third-order valence-corrected chi connectivity index (χ3v) is 4.17. The predicted octanol–water partition coefficient (Wildman–Crippen LogP) is 3.79. The molecule has 1 heterocycles. The highest BCUT2D eigenvalue weighted by atomic mass is 16.5. The van der Waals surface area contributed by atoms with Crippen LogP contribution < -0.4 is 19.7 Å². The average molecular weight is 380 g/mol. The molecule has 6 heteroatoms. The van der Waals surface area contributed by atoms with Gasteiger partial charge in [-0.3, -0.25) is 9.59 Å². The number of hydrogen-bond acceptors (Lipinski definition) is 4. The monoisotopic (exact) mass is 380 g/mol. The van der Waals surface area contributed by atoms with Crippen LogP contribution in [-0.4, -0.2) is 31.6 Å². The molecule has 0 spiro atoms. The molecular weight excluding hydrogens is 356 g/mol. The Morgan fingerprint density at radius 2 is 2.04 bits per heavy atom. The lowest BCUT2D eigenvalue weighted by Gasteiger charge is -2.29. The van der Waals surface area contributed by atoms with Gasteiger partial charge in [-0.2, -0.15) is 0 Å². The topological polar surface area (TPSA) is 67.9 Å². The first-order valence-electron chi connectivity index (χ1n) is 9.22. The fraction of sp³-hybridized carbons (Fsp3) is 0.273. The Morgan fingerprint density at radius 3 is 2.79 bits per heavy atom. The van der Waals surface area contributed by atoms with Crippen molar-refractivity contribution in [3.8, 4) is 11.5 Å². The second-order valence-electron chi connectivity index (χ2n) is 6.72. The summed E-state index contributed by atoms with van der Waals surface area (Å²) in [6.45, 7) is 6.64. The molecule has 6 nitrogen and oxygen atoms in total. The van der Waals surface area contributed by atoms with Gasteiger partial charge < -0.3 is 19.7 Å². The Labute approximate surface area is 164 Å². The van der Waals surface area contributed by atoms with Gasteiger partial charge in [0.05, 0.1) is 12.3 Å². The fourth-order valence-electron chi connectivity index (χ4n) is 2.89. The molecule has 2 amide bonds. The van der Waals surface area contributed by atoms with E-state index in [2.05, 4.69) is 11.9 Å². The molecule has 0 fully saturated rings. The van der Waals surface area contributed by atoms with Crippen LogP contribution in [0.15, 0.2) is 60.7 Å². The minimum absolute atomic E-state index is 0.0193. The summed E-state index contributed by atoms with van der Waals surface area (Å²) in [5.74, 6) is 1.17. The van der Waals surface area contributed by atoms with E-state index in [0.29, 0.717) is 43.1 Å². The molecule has 0 radical (unpaired) electrons. The molecule has 0 aromatic heterocycles. The van der Waals surface area contributed by atoms with Crippen LogP contribution in [0.1, 0.15) is 19.8 Å². The third kappa shape index (κ3) is 5.13. The van der Waals surface area contributed by atoms with E-state index in [1.165, 1.54) is 0 Å². The van der Waals surface area contributed by atoms with Gasteiger partial charge in [0.15, 0.2) is 6.61 Å². The molecule has 0 saturated heterocycles. The zero-order chi connectivity index (χ0) is 19.9. The number of nitrogens with zero attached hydrogens (tertiary/aromatic N) is 1. The van der Waals surface area contributed by atoms with Gasteiger partial charge in [-0.15, -0.1) is 0 Å². The Hall–Kier alpha value is -3.28. The Balaban J connectivity index is 1.52. The molecule has 0 bridgehead atoms. The van der Waals surface area contributed by atoms with Gasteiger partial charge in [0, 0.05) is 24.7 Å². The summed E-state index contributed by atoms with van der Waals surface area (Å²) in [6.07, 6.45) is 0.966. The normalized spacial score (nSPS) is 12.8. The van der Waals surface area contributed by atoms with Gasteiger partial charge in [0.25, 0.3) is 5.91 Å². The number of carbonyl (C=O) groups is 2.